The standard InChI is InChI=1S/C28H34F2N4O3S/c1-3-18-5-4-6-19(9-18)15-32-16-26(35)25(12-20-10-22(29)13-23(30)11-20)33-27(36)14-24(34-28(37)31-2)21-7-8-38-17-21/h4-11,13,17,24-26,32,35H,3,12,14-16H2,1-2H3,(H,33,36)(H2,31,34,37)/t24?,25-,26-/m0/s1. The first-order chi connectivity index (χ1) is 18.3. The Morgan fingerprint density at radius 2 is 1.74 bits per heavy atom. The number of nitrogens with one attached hydrogen (secondary N) is 4. The smallest absolute Gasteiger partial charge is 0.315 e. The molecular weight excluding hydrogens is 510 g/mol. The van der Waals surface area contributed by atoms with Crippen LogP contribution in [0.2, 0.25) is 0 Å². The summed E-state index contributed by atoms with van der Waals surface area (Å²) in [5.41, 5.74) is 3.34. The van der Waals surface area contributed by atoms with E-state index in [1.165, 1.54) is 36.1 Å². The Hall–Kier alpha value is -3.34. The summed E-state index contributed by atoms with van der Waals surface area (Å²) in [7, 11) is 1.48. The minimum atomic E-state index is -1.05. The molecule has 0 aliphatic rings. The number of aliphatic hydroxyl groups excluding tert-OH is 1. The van der Waals surface area contributed by atoms with E-state index >= 15 is 0 Å². The average molecular weight is 545 g/mol. The molecule has 0 radical (unpaired) electrons. The van der Waals surface area contributed by atoms with Crippen molar-refractivity contribution < 1.29 is 23.5 Å². The fourth-order valence-corrected chi connectivity index (χ4v) is 4.85. The van der Waals surface area contributed by atoms with Gasteiger partial charge in [-0.25, -0.2) is 13.6 Å². The number of amides is 3. The van der Waals surface area contributed by atoms with Gasteiger partial charge in [0.2, 0.25) is 5.91 Å². The van der Waals surface area contributed by atoms with Crippen molar-refractivity contribution in [2.24, 2.45) is 0 Å². The van der Waals surface area contributed by atoms with Crippen LogP contribution >= 0.6 is 11.3 Å². The summed E-state index contributed by atoms with van der Waals surface area (Å²) in [5, 5.41) is 25.9. The van der Waals surface area contributed by atoms with Crippen LogP contribution in [0.4, 0.5) is 13.6 Å². The van der Waals surface area contributed by atoms with Gasteiger partial charge in [-0.15, -0.1) is 0 Å². The topological polar surface area (TPSA) is 102 Å². The van der Waals surface area contributed by atoms with Crippen LogP contribution in [0.5, 0.6) is 0 Å². The van der Waals surface area contributed by atoms with Gasteiger partial charge in [0.15, 0.2) is 0 Å². The summed E-state index contributed by atoms with van der Waals surface area (Å²) >= 11 is 1.44. The first-order valence-electron chi connectivity index (χ1n) is 12.5. The van der Waals surface area contributed by atoms with E-state index in [-0.39, 0.29) is 19.4 Å². The monoisotopic (exact) mass is 544 g/mol. The number of halogens is 2. The molecule has 1 aromatic heterocycles. The Morgan fingerprint density at radius 1 is 1.00 bits per heavy atom. The van der Waals surface area contributed by atoms with Gasteiger partial charge >= 0.3 is 6.03 Å². The number of rotatable bonds is 13. The zero-order valence-electron chi connectivity index (χ0n) is 21.5. The van der Waals surface area contributed by atoms with Crippen LogP contribution in [0, 0.1) is 11.6 Å². The molecular formula is C28H34F2N4O3S. The maximum atomic E-state index is 13.8. The van der Waals surface area contributed by atoms with E-state index in [4.69, 9.17) is 0 Å². The highest BCUT2D eigenvalue weighted by molar-refractivity contribution is 7.08. The molecule has 3 aromatic rings. The minimum Gasteiger partial charge on any atom is -0.390 e. The van der Waals surface area contributed by atoms with Crippen LogP contribution in [0.1, 0.15) is 41.6 Å². The van der Waals surface area contributed by atoms with E-state index in [0.717, 1.165) is 23.6 Å². The van der Waals surface area contributed by atoms with Gasteiger partial charge in [-0.2, -0.15) is 11.3 Å². The van der Waals surface area contributed by atoms with Crippen molar-refractivity contribution >= 4 is 23.3 Å². The van der Waals surface area contributed by atoms with E-state index < -0.39 is 41.8 Å². The summed E-state index contributed by atoms with van der Waals surface area (Å²) in [5.74, 6) is -1.89. The molecule has 0 saturated carbocycles. The molecule has 0 aliphatic carbocycles. The number of carbonyl (C=O) groups is 2. The van der Waals surface area contributed by atoms with Gasteiger partial charge in [0, 0.05) is 26.2 Å². The zero-order chi connectivity index (χ0) is 27.5. The molecule has 7 nitrogen and oxygen atoms in total. The fraction of sp³-hybridized carbons (Fsp3) is 0.357. The Labute approximate surface area is 225 Å². The number of carbonyl (C=O) groups excluding carboxylic acids is 2. The Morgan fingerprint density at radius 3 is 2.39 bits per heavy atom. The Bertz CT molecular complexity index is 1170. The lowest BCUT2D eigenvalue weighted by Crippen LogP contribution is -2.49. The normalized spacial score (nSPS) is 13.4. The Balaban J connectivity index is 1.70. The number of aryl methyl sites for hydroxylation is 1. The van der Waals surface area contributed by atoms with Gasteiger partial charge < -0.3 is 26.4 Å². The number of hydrogen-bond donors (Lipinski definition) is 5. The van der Waals surface area contributed by atoms with Crippen molar-refractivity contribution in [3.63, 3.8) is 0 Å². The summed E-state index contributed by atoms with van der Waals surface area (Å²) in [6.45, 7) is 2.73. The Kier molecular flexibility index (Phi) is 11.2. The molecule has 0 saturated heterocycles. The summed E-state index contributed by atoms with van der Waals surface area (Å²) in [4.78, 5) is 25.0. The molecule has 0 bridgehead atoms. The van der Waals surface area contributed by atoms with Crippen LogP contribution < -0.4 is 21.3 Å². The third-order valence-electron chi connectivity index (χ3n) is 6.14. The third kappa shape index (κ3) is 9.20. The second-order valence-corrected chi connectivity index (χ2v) is 9.84. The number of hydrogen-bond acceptors (Lipinski definition) is 5. The predicted molar refractivity (Wildman–Crippen MR) is 145 cm³/mol. The second-order valence-electron chi connectivity index (χ2n) is 9.06. The van der Waals surface area contributed by atoms with E-state index in [9.17, 15) is 23.5 Å². The summed E-state index contributed by atoms with van der Waals surface area (Å²) < 4.78 is 27.7. The largest absolute Gasteiger partial charge is 0.390 e. The van der Waals surface area contributed by atoms with Gasteiger partial charge in [0.05, 0.1) is 24.6 Å². The van der Waals surface area contributed by atoms with E-state index in [2.05, 4.69) is 34.3 Å². The highest BCUT2D eigenvalue weighted by Gasteiger charge is 2.25. The van der Waals surface area contributed by atoms with Crippen molar-refractivity contribution in [2.45, 2.75) is 50.9 Å². The highest BCUT2D eigenvalue weighted by atomic mass is 32.1. The molecule has 1 unspecified atom stereocenters. The molecule has 3 amide bonds. The maximum absolute atomic E-state index is 13.8. The third-order valence-corrected chi connectivity index (χ3v) is 6.84. The first kappa shape index (κ1) is 29.2. The number of thiophene rings is 1. The molecule has 3 atom stereocenters. The van der Waals surface area contributed by atoms with Gasteiger partial charge in [0.25, 0.3) is 0 Å². The van der Waals surface area contributed by atoms with Crippen molar-refractivity contribution in [2.75, 3.05) is 13.6 Å². The molecule has 204 valence electrons. The molecule has 0 spiro atoms. The van der Waals surface area contributed by atoms with Crippen molar-refractivity contribution in [3.05, 3.63) is 93.2 Å². The van der Waals surface area contributed by atoms with Crippen molar-refractivity contribution in [1.82, 2.24) is 21.3 Å². The lowest BCUT2D eigenvalue weighted by Gasteiger charge is -2.26. The molecule has 38 heavy (non-hydrogen) atoms. The van der Waals surface area contributed by atoms with Crippen LogP contribution in [0.15, 0.2) is 59.3 Å². The number of urea groups is 1. The average Bonchev–Trinajstić information content (AvgIpc) is 3.42. The van der Waals surface area contributed by atoms with Crippen LogP contribution in [0.25, 0.3) is 0 Å². The first-order valence-corrected chi connectivity index (χ1v) is 13.4. The minimum absolute atomic E-state index is 0.0145. The predicted octanol–water partition coefficient (Wildman–Crippen LogP) is 3.83. The number of benzene rings is 2. The van der Waals surface area contributed by atoms with Crippen LogP contribution in [-0.4, -0.2) is 42.8 Å². The number of aliphatic hydroxyl groups is 1. The van der Waals surface area contributed by atoms with E-state index in [1.54, 1.807) is 0 Å². The van der Waals surface area contributed by atoms with Crippen LogP contribution in [-0.2, 0) is 24.2 Å². The zero-order valence-corrected chi connectivity index (χ0v) is 22.3. The second kappa shape index (κ2) is 14.6. The van der Waals surface area contributed by atoms with Gasteiger partial charge in [0.1, 0.15) is 11.6 Å². The molecule has 2 aromatic carbocycles. The lowest BCUT2D eigenvalue weighted by molar-refractivity contribution is -0.123. The van der Waals surface area contributed by atoms with E-state index in [0.29, 0.717) is 12.1 Å². The molecule has 3 rings (SSSR count). The quantitative estimate of drug-likeness (QED) is 0.226. The van der Waals surface area contributed by atoms with Crippen LogP contribution in [0.3, 0.4) is 0 Å². The molecule has 0 aliphatic heterocycles. The van der Waals surface area contributed by atoms with Gasteiger partial charge in [-0.1, -0.05) is 31.2 Å². The van der Waals surface area contributed by atoms with E-state index in [1.807, 2.05) is 35.0 Å². The van der Waals surface area contributed by atoms with Gasteiger partial charge in [-0.3, -0.25) is 4.79 Å². The maximum Gasteiger partial charge on any atom is 0.315 e. The fourth-order valence-electron chi connectivity index (χ4n) is 4.14. The molecule has 0 fully saturated rings. The summed E-state index contributed by atoms with van der Waals surface area (Å²) in [6, 6.07) is 11.2. The molecule has 5 N–H and O–H groups in total. The lowest BCUT2D eigenvalue weighted by atomic mass is 9.99. The van der Waals surface area contributed by atoms with Crippen molar-refractivity contribution in [1.29, 1.82) is 0 Å². The van der Waals surface area contributed by atoms with Crippen molar-refractivity contribution in [3.8, 4) is 0 Å². The molecule has 10 heteroatoms. The molecule has 1 heterocycles. The SMILES string of the molecule is CCc1cccc(CNC[C@H](O)[C@H](Cc2cc(F)cc(F)c2)NC(=O)CC(NC(=O)NC)c2ccsc2)c1. The summed E-state index contributed by atoms with van der Waals surface area (Å²) in [6.07, 6.45) is -0.204. The van der Waals surface area contributed by atoms with Gasteiger partial charge in [-0.05, 0) is 64.1 Å². The highest BCUT2D eigenvalue weighted by Crippen LogP contribution is 2.20.